The molecule has 1 rings (SSSR count). The third-order valence-corrected chi connectivity index (χ3v) is 4.44. The Balaban J connectivity index is 0.000000577. The zero-order valence-electron chi connectivity index (χ0n) is 17.2. The van der Waals surface area contributed by atoms with Crippen LogP contribution in [0.3, 0.4) is 0 Å². The summed E-state index contributed by atoms with van der Waals surface area (Å²) in [6, 6.07) is 0. The molecule has 4 heteroatoms. The summed E-state index contributed by atoms with van der Waals surface area (Å²) in [7, 11) is 0. The second kappa shape index (κ2) is 20.0. The molecule has 1 aromatic heterocycles. The first-order valence-corrected chi connectivity index (χ1v) is 10.7. The van der Waals surface area contributed by atoms with E-state index >= 15 is 0 Å². The zero-order valence-corrected chi connectivity index (χ0v) is 17.2. The van der Waals surface area contributed by atoms with Crippen LogP contribution >= 0.6 is 0 Å². The van der Waals surface area contributed by atoms with Gasteiger partial charge in [0.05, 0.1) is 5.69 Å². The van der Waals surface area contributed by atoms with Gasteiger partial charge in [-0.05, 0) is 26.0 Å². The first kappa shape index (κ1) is 24.7. The van der Waals surface area contributed by atoms with Gasteiger partial charge in [0.1, 0.15) is 6.26 Å². The molecular formula is C22H42N2O2. The van der Waals surface area contributed by atoms with Crippen molar-refractivity contribution in [3.8, 4) is 0 Å². The number of nitrogens with two attached hydrogens (primary N) is 1. The molecule has 0 bridgehead atoms. The molecule has 4 nitrogen and oxygen atoms in total. The topological polar surface area (TPSA) is 72.0 Å². The SMILES string of the molecule is CC=Cc1coc(=O)[nH]1.CCCCCCCCCCCCCCCCN. The van der Waals surface area contributed by atoms with Gasteiger partial charge < -0.3 is 10.2 Å². The number of rotatable bonds is 15. The lowest BCUT2D eigenvalue weighted by atomic mass is 10.0. The first-order chi connectivity index (χ1) is 12.7. The van der Waals surface area contributed by atoms with Gasteiger partial charge in [-0.3, -0.25) is 4.98 Å². The van der Waals surface area contributed by atoms with Crippen molar-refractivity contribution in [1.29, 1.82) is 0 Å². The predicted octanol–water partition coefficient (Wildman–Crippen LogP) is 6.43. The summed E-state index contributed by atoms with van der Waals surface area (Å²) in [6.45, 7) is 5.02. The van der Waals surface area contributed by atoms with E-state index < -0.39 is 5.76 Å². The molecule has 1 aromatic rings. The van der Waals surface area contributed by atoms with E-state index in [0.29, 0.717) is 5.69 Å². The molecule has 0 radical (unpaired) electrons. The molecule has 0 aliphatic heterocycles. The van der Waals surface area contributed by atoms with Gasteiger partial charge in [0.2, 0.25) is 0 Å². The summed E-state index contributed by atoms with van der Waals surface area (Å²) < 4.78 is 4.45. The fraction of sp³-hybridized carbons (Fsp3) is 0.773. The van der Waals surface area contributed by atoms with E-state index in [-0.39, 0.29) is 0 Å². The minimum atomic E-state index is -0.414. The van der Waals surface area contributed by atoms with Crippen LogP contribution in [0.25, 0.3) is 6.08 Å². The molecule has 0 aromatic carbocycles. The average molecular weight is 367 g/mol. The monoisotopic (exact) mass is 366 g/mol. The van der Waals surface area contributed by atoms with Crippen LogP contribution in [0.1, 0.15) is 109 Å². The minimum Gasteiger partial charge on any atom is -0.416 e. The Bertz CT molecular complexity index is 449. The smallest absolute Gasteiger partial charge is 0.416 e. The number of allylic oxidation sites excluding steroid dienone is 1. The Kier molecular flexibility index (Phi) is 19.0. The third kappa shape index (κ3) is 17.5. The molecule has 0 aliphatic rings. The van der Waals surface area contributed by atoms with E-state index in [1.807, 2.05) is 13.0 Å². The summed E-state index contributed by atoms with van der Waals surface area (Å²) >= 11 is 0. The zero-order chi connectivity index (χ0) is 19.3. The van der Waals surface area contributed by atoms with Crippen LogP contribution in [-0.2, 0) is 0 Å². The van der Waals surface area contributed by atoms with Crippen molar-refractivity contribution in [3.05, 3.63) is 28.6 Å². The lowest BCUT2D eigenvalue weighted by Gasteiger charge is -2.02. The van der Waals surface area contributed by atoms with Crippen molar-refractivity contribution < 1.29 is 4.42 Å². The van der Waals surface area contributed by atoms with Crippen LogP contribution in [0.4, 0.5) is 0 Å². The number of hydrogen-bond donors (Lipinski definition) is 2. The maximum Gasteiger partial charge on any atom is 0.416 e. The van der Waals surface area contributed by atoms with Crippen molar-refractivity contribution in [2.45, 2.75) is 104 Å². The number of aromatic amines is 1. The third-order valence-electron chi connectivity index (χ3n) is 4.44. The predicted molar refractivity (Wildman–Crippen MR) is 113 cm³/mol. The number of hydrogen-bond acceptors (Lipinski definition) is 3. The van der Waals surface area contributed by atoms with Crippen LogP contribution in [0.15, 0.2) is 21.6 Å². The minimum absolute atomic E-state index is 0.414. The van der Waals surface area contributed by atoms with Gasteiger partial charge in [0.15, 0.2) is 0 Å². The van der Waals surface area contributed by atoms with Crippen LogP contribution in [-0.4, -0.2) is 11.5 Å². The highest BCUT2D eigenvalue weighted by Crippen LogP contribution is 2.12. The fourth-order valence-corrected chi connectivity index (χ4v) is 2.89. The van der Waals surface area contributed by atoms with Crippen LogP contribution in [0, 0.1) is 0 Å². The van der Waals surface area contributed by atoms with Crippen molar-refractivity contribution in [2.75, 3.05) is 6.54 Å². The number of oxazole rings is 1. The van der Waals surface area contributed by atoms with Gasteiger partial charge in [-0.2, -0.15) is 0 Å². The highest BCUT2D eigenvalue weighted by atomic mass is 16.4. The lowest BCUT2D eigenvalue weighted by Crippen LogP contribution is -1.97. The van der Waals surface area contributed by atoms with Gasteiger partial charge >= 0.3 is 5.76 Å². The summed E-state index contributed by atoms with van der Waals surface area (Å²) in [5.41, 5.74) is 6.16. The van der Waals surface area contributed by atoms with E-state index in [2.05, 4.69) is 16.3 Å². The molecule has 1 heterocycles. The average Bonchev–Trinajstić information content (AvgIpc) is 3.05. The molecule has 152 valence electrons. The Morgan fingerprint density at radius 1 is 0.885 bits per heavy atom. The lowest BCUT2D eigenvalue weighted by molar-refractivity contribution is 0.515. The summed E-state index contributed by atoms with van der Waals surface area (Å²) in [6.07, 6.45) is 24.8. The fourth-order valence-electron chi connectivity index (χ4n) is 2.89. The van der Waals surface area contributed by atoms with E-state index in [0.717, 1.165) is 6.54 Å². The van der Waals surface area contributed by atoms with Gasteiger partial charge in [-0.15, -0.1) is 0 Å². The molecule has 0 fully saturated rings. The molecule has 0 unspecified atom stereocenters. The van der Waals surface area contributed by atoms with Crippen molar-refractivity contribution in [2.24, 2.45) is 5.73 Å². The molecule has 3 N–H and O–H groups in total. The highest BCUT2D eigenvalue weighted by Gasteiger charge is 1.93. The highest BCUT2D eigenvalue weighted by molar-refractivity contribution is 5.41. The van der Waals surface area contributed by atoms with Gasteiger partial charge in [-0.1, -0.05) is 96.5 Å². The molecule has 0 aliphatic carbocycles. The first-order valence-electron chi connectivity index (χ1n) is 10.7. The van der Waals surface area contributed by atoms with Gasteiger partial charge in [-0.25, -0.2) is 4.79 Å². The summed E-state index contributed by atoms with van der Waals surface area (Å²) in [4.78, 5) is 12.8. The largest absolute Gasteiger partial charge is 0.416 e. The second-order valence-corrected chi connectivity index (χ2v) is 6.99. The molecule has 0 amide bonds. The Morgan fingerprint density at radius 2 is 1.35 bits per heavy atom. The normalized spacial score (nSPS) is 10.9. The van der Waals surface area contributed by atoms with E-state index in [4.69, 9.17) is 5.73 Å². The Labute approximate surface area is 160 Å². The number of unbranched alkanes of at least 4 members (excludes halogenated alkanes) is 13. The van der Waals surface area contributed by atoms with E-state index in [1.54, 1.807) is 6.08 Å². The number of aromatic nitrogens is 1. The molecule has 0 saturated carbocycles. The van der Waals surface area contributed by atoms with Gasteiger partial charge in [0.25, 0.3) is 0 Å². The van der Waals surface area contributed by atoms with Crippen molar-refractivity contribution >= 4 is 6.08 Å². The molecular weight excluding hydrogens is 324 g/mol. The number of nitrogens with one attached hydrogen (secondary N) is 1. The second-order valence-electron chi connectivity index (χ2n) is 6.99. The standard InChI is InChI=1S/C16H35N.C6H7NO2/c1-2-3-4-5-6-7-8-9-10-11-12-13-14-15-16-17;1-2-3-5-4-9-6(8)7-5/h2-17H2,1H3;2-4H,1H3,(H,7,8). The van der Waals surface area contributed by atoms with Gasteiger partial charge in [0, 0.05) is 0 Å². The van der Waals surface area contributed by atoms with Crippen molar-refractivity contribution in [1.82, 2.24) is 4.98 Å². The summed E-state index contributed by atoms with van der Waals surface area (Å²) in [5.74, 6) is -0.414. The molecule has 0 atom stereocenters. The molecule has 0 spiro atoms. The van der Waals surface area contributed by atoms with Crippen molar-refractivity contribution in [3.63, 3.8) is 0 Å². The van der Waals surface area contributed by atoms with Crippen LogP contribution in [0.5, 0.6) is 0 Å². The van der Waals surface area contributed by atoms with Crippen LogP contribution in [0.2, 0.25) is 0 Å². The van der Waals surface area contributed by atoms with E-state index in [9.17, 15) is 4.79 Å². The molecule has 0 saturated heterocycles. The quantitative estimate of drug-likeness (QED) is 0.351. The van der Waals surface area contributed by atoms with Crippen LogP contribution < -0.4 is 11.5 Å². The Hall–Kier alpha value is -1.29. The number of H-pyrrole nitrogens is 1. The molecule has 26 heavy (non-hydrogen) atoms. The van der Waals surface area contributed by atoms with E-state index in [1.165, 1.54) is 96.2 Å². The Morgan fingerprint density at radius 3 is 1.69 bits per heavy atom. The maximum atomic E-state index is 10.3. The maximum absolute atomic E-state index is 10.3. The summed E-state index contributed by atoms with van der Waals surface area (Å²) in [5, 5.41) is 0.